The van der Waals surface area contributed by atoms with Gasteiger partial charge in [0.1, 0.15) is 41.7 Å². The van der Waals surface area contributed by atoms with Crippen LogP contribution in [0.5, 0.6) is 5.75 Å². The van der Waals surface area contributed by atoms with Crippen molar-refractivity contribution in [3.05, 3.63) is 101 Å². The van der Waals surface area contributed by atoms with Crippen LogP contribution in [-0.4, -0.2) is 131 Å². The molecule has 0 aliphatic carbocycles. The number of aliphatic imine (C=N–C) groups is 1. The molecular formula is C52H72N10O13. The third-order valence-electron chi connectivity index (χ3n) is 12.2. The quantitative estimate of drug-likeness (QED) is 0.0362. The van der Waals surface area contributed by atoms with Crippen molar-refractivity contribution in [2.45, 2.75) is 128 Å². The van der Waals surface area contributed by atoms with E-state index in [1.165, 1.54) is 45.1 Å². The third-order valence-corrected chi connectivity index (χ3v) is 12.2. The Bertz CT molecular complexity index is 2440. The van der Waals surface area contributed by atoms with Gasteiger partial charge in [-0.15, -0.1) is 0 Å². The van der Waals surface area contributed by atoms with E-state index in [1.54, 1.807) is 32.2 Å². The molecule has 408 valence electrons. The van der Waals surface area contributed by atoms with Crippen molar-refractivity contribution >= 4 is 59.2 Å². The van der Waals surface area contributed by atoms with Crippen LogP contribution in [0, 0.1) is 11.8 Å². The number of hydrogen-bond donors (Lipinski definition) is 12. The molecule has 23 nitrogen and oxygen atoms in total. The first-order chi connectivity index (χ1) is 35.5. The van der Waals surface area contributed by atoms with Crippen molar-refractivity contribution < 1.29 is 63.2 Å². The number of aromatic hydroxyl groups is 1. The number of nitrogens with zero attached hydrogens (tertiary/aromatic N) is 1. The highest BCUT2D eigenvalue weighted by atomic mass is 16.5. The van der Waals surface area contributed by atoms with Crippen molar-refractivity contribution in [3.8, 4) is 5.75 Å². The van der Waals surface area contributed by atoms with Crippen molar-refractivity contribution in [1.29, 1.82) is 0 Å². The zero-order valence-electron chi connectivity index (χ0n) is 43.1. The van der Waals surface area contributed by atoms with Gasteiger partial charge in [0, 0.05) is 26.0 Å². The molecular weight excluding hydrogens is 973 g/mol. The van der Waals surface area contributed by atoms with E-state index in [9.17, 15) is 58.5 Å². The number of aryl methyl sites for hydroxylation is 1. The number of carboxylic acids is 2. The van der Waals surface area contributed by atoms with Gasteiger partial charge >= 0.3 is 11.9 Å². The molecule has 2 aromatic carbocycles. The van der Waals surface area contributed by atoms with Gasteiger partial charge in [0.2, 0.25) is 35.4 Å². The van der Waals surface area contributed by atoms with Crippen molar-refractivity contribution in [2.24, 2.45) is 28.3 Å². The van der Waals surface area contributed by atoms with Crippen LogP contribution >= 0.6 is 0 Å². The lowest BCUT2D eigenvalue weighted by Gasteiger charge is -2.27. The largest absolute Gasteiger partial charge is 0.508 e. The summed E-state index contributed by atoms with van der Waals surface area (Å²) in [4.78, 5) is 125. The number of carbonyl (C=O) groups is 9. The fraction of sp³-hybridized carbons (Fsp3) is 0.462. The fourth-order valence-electron chi connectivity index (χ4n) is 7.80. The van der Waals surface area contributed by atoms with Gasteiger partial charge in [-0.2, -0.15) is 0 Å². The van der Waals surface area contributed by atoms with E-state index in [1.807, 2.05) is 43.3 Å². The Hall–Kier alpha value is -8.08. The lowest BCUT2D eigenvalue weighted by molar-refractivity contribution is -0.144. The first kappa shape index (κ1) is 61.2. The zero-order chi connectivity index (χ0) is 55.8. The SMILES string of the molecule is C/C=C1/NC(=O)CC[C@H](C(=O)O)NC(=O)[C@@H](C)C(/C=C/C(C)=C/[C@H](C)[C@H](Cc2ccccc2)OC)NC(=O)C(CCCN=C(N)N)NC(=O)CC(C(=O)O)NC(=O)[C@H](CCc2ccc(O)cc2)NC(=O)[C@@H](C)NC1=O. The topological polar surface area (TPSA) is 372 Å². The van der Waals surface area contributed by atoms with Gasteiger partial charge < -0.3 is 68.7 Å². The summed E-state index contributed by atoms with van der Waals surface area (Å²) in [6.07, 6.45) is 4.85. The Morgan fingerprint density at radius 2 is 1.41 bits per heavy atom. The first-order valence-electron chi connectivity index (χ1n) is 24.5. The summed E-state index contributed by atoms with van der Waals surface area (Å²) in [7, 11) is 1.61. The molecule has 9 atom stereocenters. The second-order valence-electron chi connectivity index (χ2n) is 18.2. The molecule has 1 heterocycles. The Balaban J connectivity index is 2.09. The highest BCUT2D eigenvalue weighted by Gasteiger charge is 2.34. The third kappa shape index (κ3) is 21.5. The van der Waals surface area contributed by atoms with Gasteiger partial charge in [-0.3, -0.25) is 38.6 Å². The van der Waals surface area contributed by atoms with Crippen LogP contribution in [0.2, 0.25) is 0 Å². The number of carboxylic acid groups (broad SMARTS) is 2. The minimum atomic E-state index is -1.91. The maximum absolute atomic E-state index is 14.3. The molecule has 1 aliphatic rings. The van der Waals surface area contributed by atoms with Crippen molar-refractivity contribution in [3.63, 3.8) is 0 Å². The van der Waals surface area contributed by atoms with E-state index >= 15 is 0 Å². The van der Waals surface area contributed by atoms with E-state index in [0.29, 0.717) is 17.6 Å². The highest BCUT2D eigenvalue weighted by Crippen LogP contribution is 2.19. The Labute approximate surface area is 435 Å². The smallest absolute Gasteiger partial charge is 0.326 e. The van der Waals surface area contributed by atoms with Gasteiger partial charge in [-0.05, 0) is 82.6 Å². The molecule has 14 N–H and O–H groups in total. The Morgan fingerprint density at radius 3 is 2.03 bits per heavy atom. The molecule has 3 unspecified atom stereocenters. The van der Waals surface area contributed by atoms with E-state index in [-0.39, 0.29) is 61.7 Å². The van der Waals surface area contributed by atoms with Crippen molar-refractivity contribution in [2.75, 3.05) is 13.7 Å². The summed E-state index contributed by atoms with van der Waals surface area (Å²) in [6, 6.07) is 6.73. The molecule has 0 bridgehead atoms. The number of phenols is 1. The number of guanidine groups is 1. The molecule has 0 spiro atoms. The number of ether oxygens (including phenoxy) is 1. The molecule has 0 saturated carbocycles. The standard InChI is InChI=1S/C52H72N10O13/c1-7-36-47(68)56-32(5)46(67)60-39(22-18-33-16-19-35(63)20-17-33)49(70)62-41(51(73)74)28-44(65)58-38(14-11-25-55-52(53)54)48(69)59-37(31(4)45(66)61-40(50(71)72)23-24-43(64)57-36)21-15-29(2)26-30(3)42(75-6)27-34-12-9-8-10-13-34/h7-10,12-13,15-17,19-21,26,30-32,37-42,63H,11,14,18,22-25,27-28H2,1-6H3,(H,56,68)(H,57,64)(H,58,65)(H,59,69)(H,60,67)(H,61,66)(H,62,70)(H,71,72)(H,73,74)(H4,53,54,55)/b21-15+,29-26+,36-7+/t30-,31-,32+,37?,38?,39-,40+,41?,42-/m0/s1. The number of benzene rings is 2. The fourth-order valence-corrected chi connectivity index (χ4v) is 7.80. The number of nitrogens with two attached hydrogens (primary N) is 2. The number of methoxy groups -OCH3 is 1. The van der Waals surface area contributed by atoms with Gasteiger partial charge in [-0.1, -0.05) is 86.2 Å². The molecule has 2 aromatic rings. The van der Waals surface area contributed by atoms with E-state index in [0.717, 1.165) is 5.56 Å². The summed E-state index contributed by atoms with van der Waals surface area (Å²) in [5.74, 6) is -11.1. The maximum atomic E-state index is 14.3. The molecule has 0 aromatic heterocycles. The predicted octanol–water partition coefficient (Wildman–Crippen LogP) is 0.713. The van der Waals surface area contributed by atoms with E-state index < -0.39 is 115 Å². The Morgan fingerprint density at radius 1 is 0.787 bits per heavy atom. The molecule has 1 fully saturated rings. The van der Waals surface area contributed by atoms with Gasteiger partial charge in [0.25, 0.3) is 5.91 Å². The lowest BCUT2D eigenvalue weighted by atomic mass is 9.94. The van der Waals surface area contributed by atoms with E-state index in [4.69, 9.17) is 16.2 Å². The highest BCUT2D eigenvalue weighted by molar-refractivity contribution is 6.00. The van der Waals surface area contributed by atoms with Gasteiger partial charge in [-0.25, -0.2) is 9.59 Å². The second-order valence-corrected chi connectivity index (χ2v) is 18.2. The van der Waals surface area contributed by atoms with Crippen LogP contribution in [0.4, 0.5) is 0 Å². The first-order valence-corrected chi connectivity index (χ1v) is 24.5. The number of nitrogens with one attached hydrogen (secondary N) is 7. The van der Waals surface area contributed by atoms with Crippen LogP contribution < -0.4 is 48.7 Å². The summed E-state index contributed by atoms with van der Waals surface area (Å²) in [6.45, 7) is 7.89. The van der Waals surface area contributed by atoms with Crippen LogP contribution in [0.25, 0.3) is 0 Å². The molecule has 75 heavy (non-hydrogen) atoms. The number of aliphatic carboxylic acids is 2. The monoisotopic (exact) mass is 1040 g/mol. The number of phenolic OH excluding ortho intramolecular Hbond substituents is 1. The summed E-state index contributed by atoms with van der Waals surface area (Å²) in [5.41, 5.74) is 13.1. The number of hydrogen-bond acceptors (Lipinski definition) is 12. The second kappa shape index (κ2) is 30.8. The Kier molecular flexibility index (Phi) is 25.2. The number of amides is 7. The van der Waals surface area contributed by atoms with Gasteiger partial charge in [0.05, 0.1) is 24.5 Å². The van der Waals surface area contributed by atoms with Crippen LogP contribution in [0.3, 0.4) is 0 Å². The average molecular weight is 1050 g/mol. The van der Waals surface area contributed by atoms with Crippen LogP contribution in [-0.2, 0) is 60.7 Å². The summed E-state index contributed by atoms with van der Waals surface area (Å²) < 4.78 is 5.81. The van der Waals surface area contributed by atoms with Gasteiger partial charge in [0.15, 0.2) is 5.96 Å². The molecule has 1 saturated heterocycles. The summed E-state index contributed by atoms with van der Waals surface area (Å²) in [5, 5.41) is 47.5. The predicted molar refractivity (Wildman–Crippen MR) is 277 cm³/mol. The van der Waals surface area contributed by atoms with E-state index in [2.05, 4.69) is 42.2 Å². The normalized spacial score (nSPS) is 23.9. The molecule has 7 amide bonds. The minimum Gasteiger partial charge on any atom is -0.508 e. The number of rotatable bonds is 16. The molecule has 0 radical (unpaired) electrons. The maximum Gasteiger partial charge on any atom is 0.326 e. The number of allylic oxidation sites excluding steroid dienone is 3. The molecule has 23 heteroatoms. The molecule has 3 rings (SSSR count). The zero-order valence-corrected chi connectivity index (χ0v) is 43.1. The lowest BCUT2D eigenvalue weighted by Crippen LogP contribution is -2.56. The average Bonchev–Trinajstić information content (AvgIpc) is 3.36. The number of carbonyl (C=O) groups excluding carboxylic acids is 7. The van der Waals surface area contributed by atoms with Crippen LogP contribution in [0.15, 0.2) is 95.2 Å². The minimum absolute atomic E-state index is 0.0110. The van der Waals surface area contributed by atoms with Crippen molar-refractivity contribution in [1.82, 2.24) is 37.2 Å². The van der Waals surface area contributed by atoms with Crippen LogP contribution in [0.1, 0.15) is 84.3 Å². The molecule has 1 aliphatic heterocycles. The summed E-state index contributed by atoms with van der Waals surface area (Å²) >= 11 is 0.